The molecule has 0 aliphatic carbocycles. The smallest absolute Gasteiger partial charge is 0.337 e. The number of halogens is 2. The summed E-state index contributed by atoms with van der Waals surface area (Å²) in [6.07, 6.45) is 0. The summed E-state index contributed by atoms with van der Waals surface area (Å²) in [4.78, 5) is 22.3. The summed E-state index contributed by atoms with van der Waals surface area (Å²) < 4.78 is 4.22. The van der Waals surface area contributed by atoms with E-state index in [-0.39, 0.29) is 16.3 Å². The first kappa shape index (κ1) is 14.0. The maximum absolute atomic E-state index is 11.5. The molecule has 0 spiro atoms. The number of esters is 1. The van der Waals surface area contributed by atoms with Crippen molar-refractivity contribution in [2.75, 3.05) is 0 Å². The molecule has 1 rings (SSSR count). The van der Waals surface area contributed by atoms with E-state index < -0.39 is 16.3 Å². The molecule has 1 aromatic carbocycles. The van der Waals surface area contributed by atoms with Gasteiger partial charge in [-0.05, 0) is 26.0 Å². The molecule has 0 unspecified atom stereocenters. The van der Waals surface area contributed by atoms with Crippen molar-refractivity contribution in [2.24, 2.45) is 0 Å². The Hall–Kier alpha value is -1.07. The number of carbonyl (C=O) groups excluding carboxylic acids is 1. The second-order valence-corrected chi connectivity index (χ2v) is 6.20. The predicted molar refractivity (Wildman–Crippen MR) is 67.1 cm³/mol. The molecule has 17 heavy (non-hydrogen) atoms. The van der Waals surface area contributed by atoms with E-state index in [2.05, 4.69) is 15.9 Å². The zero-order valence-corrected chi connectivity index (χ0v) is 11.5. The summed E-state index contributed by atoms with van der Waals surface area (Å²) in [5, 5.41) is 8.79. The average molecular weight is 322 g/mol. The number of carbonyl (C=O) groups is 2. The van der Waals surface area contributed by atoms with Gasteiger partial charge in [0.15, 0.2) is 0 Å². The van der Waals surface area contributed by atoms with Crippen molar-refractivity contribution in [1.29, 1.82) is 0 Å². The highest BCUT2D eigenvalue weighted by Gasteiger charge is 2.26. The van der Waals surface area contributed by atoms with E-state index in [1.807, 2.05) is 0 Å². The molecule has 0 saturated heterocycles. The molecule has 0 heterocycles. The largest absolute Gasteiger partial charge is 0.478 e. The Morgan fingerprint density at radius 1 is 1.41 bits per heavy atom. The van der Waals surface area contributed by atoms with E-state index in [4.69, 9.17) is 21.4 Å². The highest BCUT2D eigenvalue weighted by atomic mass is 79.9. The van der Waals surface area contributed by atoms with Crippen molar-refractivity contribution >= 4 is 39.5 Å². The molecular weight excluding hydrogens is 311 g/mol. The SMILES string of the molecule is CC(C)(Br)C(=O)Oc1ccc(C(=O)O)c(Cl)c1. The van der Waals surface area contributed by atoms with Crippen molar-refractivity contribution in [3.8, 4) is 5.75 Å². The molecule has 0 aliphatic heterocycles. The first-order valence-corrected chi connectivity index (χ1v) is 5.83. The van der Waals surface area contributed by atoms with E-state index in [1.165, 1.54) is 18.2 Å². The number of ether oxygens (including phenoxy) is 1. The average Bonchev–Trinajstić information content (AvgIpc) is 2.15. The van der Waals surface area contributed by atoms with Gasteiger partial charge < -0.3 is 9.84 Å². The van der Waals surface area contributed by atoms with Crippen molar-refractivity contribution in [3.63, 3.8) is 0 Å². The van der Waals surface area contributed by atoms with Crippen LogP contribution in [0.15, 0.2) is 18.2 Å². The maximum atomic E-state index is 11.5. The normalized spacial score (nSPS) is 11.1. The quantitative estimate of drug-likeness (QED) is 0.528. The lowest BCUT2D eigenvalue weighted by molar-refractivity contribution is -0.136. The van der Waals surface area contributed by atoms with Crippen LogP contribution in [0.25, 0.3) is 0 Å². The van der Waals surface area contributed by atoms with Crippen molar-refractivity contribution in [1.82, 2.24) is 0 Å². The van der Waals surface area contributed by atoms with Crippen LogP contribution in [0.1, 0.15) is 24.2 Å². The summed E-state index contributed by atoms with van der Waals surface area (Å²) >= 11 is 8.89. The van der Waals surface area contributed by atoms with Crippen LogP contribution in [0.2, 0.25) is 5.02 Å². The molecule has 0 saturated carbocycles. The van der Waals surface area contributed by atoms with Gasteiger partial charge in [0, 0.05) is 6.07 Å². The summed E-state index contributed by atoms with van der Waals surface area (Å²) in [6.45, 7) is 3.28. The second kappa shape index (κ2) is 5.06. The Bertz CT molecular complexity index is 465. The number of benzene rings is 1. The maximum Gasteiger partial charge on any atom is 0.337 e. The van der Waals surface area contributed by atoms with Gasteiger partial charge in [-0.25, -0.2) is 4.79 Å². The van der Waals surface area contributed by atoms with Gasteiger partial charge in [0.25, 0.3) is 0 Å². The minimum atomic E-state index is -1.13. The van der Waals surface area contributed by atoms with Crippen LogP contribution in [0, 0.1) is 0 Å². The highest BCUT2D eigenvalue weighted by Crippen LogP contribution is 2.25. The summed E-state index contributed by atoms with van der Waals surface area (Å²) in [6, 6.07) is 3.96. The van der Waals surface area contributed by atoms with E-state index >= 15 is 0 Å². The molecule has 1 N–H and O–H groups in total. The molecule has 0 aliphatic rings. The fourth-order valence-electron chi connectivity index (χ4n) is 0.961. The lowest BCUT2D eigenvalue weighted by Gasteiger charge is -2.14. The first-order chi connectivity index (χ1) is 7.71. The van der Waals surface area contributed by atoms with Gasteiger partial charge in [0.2, 0.25) is 0 Å². The van der Waals surface area contributed by atoms with Gasteiger partial charge in [-0.15, -0.1) is 0 Å². The van der Waals surface area contributed by atoms with Crippen molar-refractivity contribution in [2.45, 2.75) is 18.2 Å². The third-order valence-electron chi connectivity index (χ3n) is 1.87. The molecule has 1 aromatic rings. The number of aromatic carboxylic acids is 1. The Labute approximate surface area is 112 Å². The lowest BCUT2D eigenvalue weighted by Crippen LogP contribution is -2.29. The van der Waals surface area contributed by atoms with Crippen LogP contribution < -0.4 is 4.74 Å². The van der Waals surface area contributed by atoms with Gasteiger partial charge in [0.1, 0.15) is 10.1 Å². The molecule has 0 atom stereocenters. The van der Waals surface area contributed by atoms with E-state index in [9.17, 15) is 9.59 Å². The molecule has 4 nitrogen and oxygen atoms in total. The van der Waals surface area contributed by atoms with Gasteiger partial charge in [-0.2, -0.15) is 0 Å². The van der Waals surface area contributed by atoms with E-state index in [0.717, 1.165) is 0 Å². The molecule has 0 radical (unpaired) electrons. The Morgan fingerprint density at radius 2 is 2.00 bits per heavy atom. The van der Waals surface area contributed by atoms with Crippen molar-refractivity contribution in [3.05, 3.63) is 28.8 Å². The predicted octanol–water partition coefficient (Wildman–Crippen LogP) is 3.12. The van der Waals surface area contributed by atoms with Gasteiger partial charge in [0.05, 0.1) is 10.6 Å². The Morgan fingerprint density at radius 3 is 2.41 bits per heavy atom. The summed E-state index contributed by atoms with van der Waals surface area (Å²) in [5.41, 5.74) is -0.0374. The molecule has 92 valence electrons. The highest BCUT2D eigenvalue weighted by molar-refractivity contribution is 9.10. The third-order valence-corrected chi connectivity index (χ3v) is 2.50. The Kier molecular flexibility index (Phi) is 4.16. The molecule has 0 amide bonds. The number of carboxylic acid groups (broad SMARTS) is 1. The molecule has 6 heteroatoms. The zero-order chi connectivity index (χ0) is 13.2. The standard InChI is InChI=1S/C11H10BrClO4/c1-11(2,12)10(16)17-6-3-4-7(9(14)15)8(13)5-6/h3-5H,1-2H3,(H,14,15). The number of hydrogen-bond donors (Lipinski definition) is 1. The molecule has 0 aromatic heterocycles. The summed E-state index contributed by atoms with van der Waals surface area (Å²) in [7, 11) is 0. The molecule has 0 bridgehead atoms. The van der Waals surface area contributed by atoms with Crippen LogP contribution >= 0.6 is 27.5 Å². The number of hydrogen-bond acceptors (Lipinski definition) is 3. The third kappa shape index (κ3) is 3.71. The minimum absolute atomic E-state index is 0.0233. The van der Waals surface area contributed by atoms with Crippen LogP contribution in [-0.4, -0.2) is 21.4 Å². The monoisotopic (exact) mass is 320 g/mol. The number of alkyl halides is 1. The fourth-order valence-corrected chi connectivity index (χ4v) is 1.29. The van der Waals surface area contributed by atoms with Gasteiger partial charge in [-0.1, -0.05) is 27.5 Å². The van der Waals surface area contributed by atoms with Crippen LogP contribution in [0.5, 0.6) is 5.75 Å². The van der Waals surface area contributed by atoms with Crippen LogP contribution in [-0.2, 0) is 4.79 Å². The fraction of sp³-hybridized carbons (Fsp3) is 0.273. The van der Waals surface area contributed by atoms with Crippen LogP contribution in [0.4, 0.5) is 0 Å². The van der Waals surface area contributed by atoms with E-state index in [0.29, 0.717) is 0 Å². The first-order valence-electron chi connectivity index (χ1n) is 4.66. The Balaban J connectivity index is 2.92. The van der Waals surface area contributed by atoms with E-state index in [1.54, 1.807) is 13.8 Å². The minimum Gasteiger partial charge on any atom is -0.478 e. The summed E-state index contributed by atoms with van der Waals surface area (Å²) in [5.74, 6) is -1.41. The number of rotatable bonds is 3. The number of carboxylic acids is 1. The van der Waals surface area contributed by atoms with Crippen LogP contribution in [0.3, 0.4) is 0 Å². The lowest BCUT2D eigenvalue weighted by atomic mass is 10.2. The topological polar surface area (TPSA) is 63.6 Å². The van der Waals surface area contributed by atoms with Gasteiger partial charge >= 0.3 is 11.9 Å². The zero-order valence-electron chi connectivity index (χ0n) is 9.16. The van der Waals surface area contributed by atoms with Gasteiger partial charge in [-0.3, -0.25) is 4.79 Å². The molecular formula is C11H10BrClO4. The molecule has 0 fully saturated rings. The second-order valence-electron chi connectivity index (χ2n) is 3.81. The van der Waals surface area contributed by atoms with Crippen molar-refractivity contribution < 1.29 is 19.4 Å².